The van der Waals surface area contributed by atoms with Crippen molar-refractivity contribution in [3.63, 3.8) is 0 Å². The molecule has 0 amide bonds. The van der Waals surface area contributed by atoms with Crippen LogP contribution in [0, 0.1) is 5.92 Å². The van der Waals surface area contributed by atoms with Crippen LogP contribution in [0.25, 0.3) is 0 Å². The van der Waals surface area contributed by atoms with Crippen LogP contribution in [-0.4, -0.2) is 32.5 Å². The highest BCUT2D eigenvalue weighted by Crippen LogP contribution is 2.29. The predicted molar refractivity (Wildman–Crippen MR) is 68.3 cm³/mol. The van der Waals surface area contributed by atoms with Crippen LogP contribution in [0.3, 0.4) is 0 Å². The Morgan fingerprint density at radius 1 is 1.38 bits per heavy atom. The van der Waals surface area contributed by atoms with Gasteiger partial charge in [-0.15, -0.1) is 0 Å². The van der Waals surface area contributed by atoms with E-state index >= 15 is 0 Å². The second-order valence-electron chi connectivity index (χ2n) is 4.96. The topological polar surface area (TPSA) is 46.2 Å². The van der Waals surface area contributed by atoms with Crippen LogP contribution in [0.5, 0.6) is 0 Å². The van der Waals surface area contributed by atoms with Gasteiger partial charge in [-0.05, 0) is 45.6 Å². The molecule has 1 aliphatic rings. The Labute approximate surface area is 99.9 Å². The van der Waals surface area contributed by atoms with Gasteiger partial charge in [-0.3, -0.25) is 0 Å². The van der Waals surface area contributed by atoms with Gasteiger partial charge in [0.25, 0.3) is 0 Å². The molecule has 1 saturated carbocycles. The molecule has 0 bridgehead atoms. The summed E-state index contributed by atoms with van der Waals surface area (Å²) in [5.41, 5.74) is 0. The van der Waals surface area contributed by atoms with E-state index in [1.807, 2.05) is 20.9 Å². The molecule has 1 aliphatic carbocycles. The number of hydrogen-bond acceptors (Lipinski definition) is 3. The zero-order valence-corrected chi connectivity index (χ0v) is 11.5. The second-order valence-corrected chi connectivity index (χ2v) is 7.50. The maximum atomic E-state index is 11.9. The SMILES string of the molecule is CCC(C)S(=O)(=O)CCC1CCCC1NC. The fourth-order valence-corrected chi connectivity index (χ4v) is 4.07. The molecule has 1 N–H and O–H groups in total. The molecular weight excluding hydrogens is 222 g/mol. The van der Waals surface area contributed by atoms with E-state index in [9.17, 15) is 8.42 Å². The Hall–Kier alpha value is -0.0900. The first kappa shape index (κ1) is 14.0. The standard InChI is InChI=1S/C12H25NO2S/c1-4-10(2)16(14,15)9-8-11-6-5-7-12(11)13-3/h10-13H,4-9H2,1-3H3. The first-order valence-electron chi connectivity index (χ1n) is 6.40. The largest absolute Gasteiger partial charge is 0.317 e. The quantitative estimate of drug-likeness (QED) is 0.780. The summed E-state index contributed by atoms with van der Waals surface area (Å²) in [7, 11) is -0.879. The van der Waals surface area contributed by atoms with Gasteiger partial charge in [0, 0.05) is 6.04 Å². The fourth-order valence-electron chi connectivity index (χ4n) is 2.53. The van der Waals surface area contributed by atoms with Gasteiger partial charge in [0.2, 0.25) is 0 Å². The molecule has 0 radical (unpaired) electrons. The maximum absolute atomic E-state index is 11.9. The molecule has 0 aromatic rings. The summed E-state index contributed by atoms with van der Waals surface area (Å²) < 4.78 is 23.8. The molecule has 1 fully saturated rings. The average molecular weight is 247 g/mol. The molecule has 0 aromatic heterocycles. The van der Waals surface area contributed by atoms with Crippen LogP contribution in [0.2, 0.25) is 0 Å². The van der Waals surface area contributed by atoms with Crippen molar-refractivity contribution >= 4 is 9.84 Å². The summed E-state index contributed by atoms with van der Waals surface area (Å²) in [6, 6.07) is 0.534. The molecule has 3 nitrogen and oxygen atoms in total. The Balaban J connectivity index is 2.45. The second kappa shape index (κ2) is 6.01. The highest BCUT2D eigenvalue weighted by Gasteiger charge is 2.28. The number of rotatable bonds is 6. The third-order valence-electron chi connectivity index (χ3n) is 3.99. The molecule has 0 aliphatic heterocycles. The Kier molecular flexibility index (Phi) is 5.25. The van der Waals surface area contributed by atoms with Gasteiger partial charge in [-0.1, -0.05) is 13.3 Å². The molecular formula is C12H25NO2S. The summed E-state index contributed by atoms with van der Waals surface area (Å²) in [4.78, 5) is 0. The summed E-state index contributed by atoms with van der Waals surface area (Å²) >= 11 is 0. The van der Waals surface area contributed by atoms with E-state index < -0.39 is 9.84 Å². The van der Waals surface area contributed by atoms with Crippen LogP contribution < -0.4 is 5.32 Å². The van der Waals surface area contributed by atoms with E-state index in [1.54, 1.807) is 0 Å². The zero-order chi connectivity index (χ0) is 12.2. The lowest BCUT2D eigenvalue weighted by Gasteiger charge is -2.19. The van der Waals surface area contributed by atoms with Crippen molar-refractivity contribution in [1.29, 1.82) is 0 Å². The van der Waals surface area contributed by atoms with E-state index in [4.69, 9.17) is 0 Å². The normalized spacial score (nSPS) is 28.2. The minimum absolute atomic E-state index is 0.179. The molecule has 0 heterocycles. The molecule has 3 atom stereocenters. The highest BCUT2D eigenvalue weighted by molar-refractivity contribution is 7.91. The Morgan fingerprint density at radius 2 is 2.06 bits per heavy atom. The Morgan fingerprint density at radius 3 is 2.62 bits per heavy atom. The van der Waals surface area contributed by atoms with E-state index in [-0.39, 0.29) is 5.25 Å². The molecule has 0 spiro atoms. The van der Waals surface area contributed by atoms with Crippen molar-refractivity contribution in [3.05, 3.63) is 0 Å². The molecule has 16 heavy (non-hydrogen) atoms. The molecule has 0 aromatic carbocycles. The third kappa shape index (κ3) is 3.45. The van der Waals surface area contributed by atoms with Gasteiger partial charge in [-0.25, -0.2) is 8.42 Å². The smallest absolute Gasteiger partial charge is 0.152 e. The van der Waals surface area contributed by atoms with Gasteiger partial charge >= 0.3 is 0 Å². The molecule has 0 saturated heterocycles. The molecule has 3 unspecified atom stereocenters. The number of sulfone groups is 1. The minimum atomic E-state index is -2.86. The van der Waals surface area contributed by atoms with Crippen LogP contribution >= 0.6 is 0 Å². The maximum Gasteiger partial charge on any atom is 0.152 e. The molecule has 96 valence electrons. The summed E-state index contributed by atoms with van der Waals surface area (Å²) in [5, 5.41) is 3.12. The summed E-state index contributed by atoms with van der Waals surface area (Å²) in [6.45, 7) is 3.76. The van der Waals surface area contributed by atoms with E-state index in [0.29, 0.717) is 17.7 Å². The van der Waals surface area contributed by atoms with Gasteiger partial charge < -0.3 is 5.32 Å². The van der Waals surface area contributed by atoms with E-state index in [1.165, 1.54) is 19.3 Å². The van der Waals surface area contributed by atoms with Crippen molar-refractivity contribution in [2.75, 3.05) is 12.8 Å². The van der Waals surface area contributed by atoms with Gasteiger partial charge in [0.05, 0.1) is 11.0 Å². The van der Waals surface area contributed by atoms with Crippen molar-refractivity contribution in [3.8, 4) is 0 Å². The van der Waals surface area contributed by atoms with E-state index in [0.717, 1.165) is 12.8 Å². The first-order valence-corrected chi connectivity index (χ1v) is 8.11. The monoisotopic (exact) mass is 247 g/mol. The van der Waals surface area contributed by atoms with Gasteiger partial charge in [0.1, 0.15) is 0 Å². The highest BCUT2D eigenvalue weighted by atomic mass is 32.2. The summed E-state index contributed by atoms with van der Waals surface area (Å²) in [5.74, 6) is 0.925. The minimum Gasteiger partial charge on any atom is -0.317 e. The predicted octanol–water partition coefficient (Wildman–Crippen LogP) is 1.98. The average Bonchev–Trinajstić information content (AvgIpc) is 2.72. The summed E-state index contributed by atoms with van der Waals surface area (Å²) in [6.07, 6.45) is 5.17. The molecule has 1 rings (SSSR count). The van der Waals surface area contributed by atoms with Crippen molar-refractivity contribution in [1.82, 2.24) is 5.32 Å². The third-order valence-corrected chi connectivity index (χ3v) is 6.36. The van der Waals surface area contributed by atoms with E-state index in [2.05, 4.69) is 5.32 Å². The Bertz CT molecular complexity index is 300. The number of nitrogens with one attached hydrogen (secondary N) is 1. The molecule has 4 heteroatoms. The van der Waals surface area contributed by atoms with Gasteiger partial charge in [0.15, 0.2) is 9.84 Å². The van der Waals surface area contributed by atoms with Crippen molar-refractivity contribution in [2.24, 2.45) is 5.92 Å². The lowest BCUT2D eigenvalue weighted by atomic mass is 10.0. The van der Waals surface area contributed by atoms with Crippen LogP contribution in [0.4, 0.5) is 0 Å². The lowest BCUT2D eigenvalue weighted by Crippen LogP contribution is -2.31. The fraction of sp³-hybridized carbons (Fsp3) is 1.00. The van der Waals surface area contributed by atoms with Crippen LogP contribution in [0.1, 0.15) is 46.0 Å². The van der Waals surface area contributed by atoms with Crippen LogP contribution in [-0.2, 0) is 9.84 Å². The van der Waals surface area contributed by atoms with Crippen LogP contribution in [0.15, 0.2) is 0 Å². The van der Waals surface area contributed by atoms with Crippen molar-refractivity contribution < 1.29 is 8.42 Å². The number of hydrogen-bond donors (Lipinski definition) is 1. The zero-order valence-electron chi connectivity index (χ0n) is 10.7. The van der Waals surface area contributed by atoms with Gasteiger partial charge in [-0.2, -0.15) is 0 Å². The first-order chi connectivity index (χ1) is 7.51. The lowest BCUT2D eigenvalue weighted by molar-refractivity contribution is 0.413. The van der Waals surface area contributed by atoms with Crippen molar-refractivity contribution in [2.45, 2.75) is 57.2 Å².